The monoisotopic (exact) mass is 315 g/mol. The Bertz CT molecular complexity index is 876. The first-order valence-corrected chi connectivity index (χ1v) is 7.20. The molecular formula is C18H13N5O. The average molecular weight is 315 g/mol. The molecule has 0 saturated heterocycles. The van der Waals surface area contributed by atoms with Crippen LogP contribution in [0.4, 0.5) is 5.82 Å². The molecule has 24 heavy (non-hydrogen) atoms. The number of carbonyl (C=O) groups is 1. The molecule has 0 aliphatic rings. The van der Waals surface area contributed by atoms with Crippen LogP contribution in [0.3, 0.4) is 0 Å². The van der Waals surface area contributed by atoms with E-state index in [2.05, 4.69) is 24.9 Å². The van der Waals surface area contributed by atoms with Gasteiger partial charge in [0.25, 0.3) is 5.91 Å². The number of pyridine rings is 3. The molecule has 0 unspecified atom stereocenters. The largest absolute Gasteiger partial charge is 0.280 e. The van der Waals surface area contributed by atoms with Gasteiger partial charge in [0.15, 0.2) is 5.82 Å². The molecule has 3 heterocycles. The van der Waals surface area contributed by atoms with Crippen molar-refractivity contribution < 1.29 is 4.79 Å². The third kappa shape index (κ3) is 4.01. The summed E-state index contributed by atoms with van der Waals surface area (Å²) in [5.41, 5.74) is 2.01. The van der Waals surface area contributed by atoms with Gasteiger partial charge in [-0.3, -0.25) is 14.8 Å². The van der Waals surface area contributed by atoms with Crippen molar-refractivity contribution in [2.75, 3.05) is 0 Å². The molecule has 0 spiro atoms. The second kappa shape index (κ2) is 7.64. The molecule has 0 radical (unpaired) electrons. The minimum Gasteiger partial charge on any atom is -0.267 e. The summed E-state index contributed by atoms with van der Waals surface area (Å²) < 4.78 is 0. The number of hydrogen-bond acceptors (Lipinski definition) is 5. The molecular weight excluding hydrogens is 302 g/mol. The maximum atomic E-state index is 12.3. The van der Waals surface area contributed by atoms with E-state index in [4.69, 9.17) is 0 Å². The van der Waals surface area contributed by atoms with Crippen LogP contribution in [0.5, 0.6) is 0 Å². The van der Waals surface area contributed by atoms with Crippen molar-refractivity contribution >= 4 is 24.2 Å². The van der Waals surface area contributed by atoms with E-state index in [1.54, 1.807) is 61.5 Å². The number of aliphatic imine (C=N–C) groups is 2. The number of rotatable bonds is 4. The van der Waals surface area contributed by atoms with E-state index in [1.807, 2.05) is 12.1 Å². The zero-order valence-electron chi connectivity index (χ0n) is 12.6. The van der Waals surface area contributed by atoms with Gasteiger partial charge >= 0.3 is 0 Å². The summed E-state index contributed by atoms with van der Waals surface area (Å²) in [4.78, 5) is 32.6. The van der Waals surface area contributed by atoms with Crippen molar-refractivity contribution in [1.82, 2.24) is 15.0 Å². The topological polar surface area (TPSA) is 80.5 Å². The second-order valence-electron chi connectivity index (χ2n) is 4.76. The molecule has 0 aliphatic carbocycles. The molecule has 0 fully saturated rings. The normalized spacial score (nSPS) is 11.2. The standard InChI is InChI=1S/C18H13N5O/c24-18(23-13-15-5-10-20-11-6-15)16-2-1-7-21-17(16)22-12-14-3-8-19-9-4-14/h1-13H. The van der Waals surface area contributed by atoms with Gasteiger partial charge in [-0.15, -0.1) is 0 Å². The second-order valence-corrected chi connectivity index (χ2v) is 4.76. The van der Waals surface area contributed by atoms with Crippen LogP contribution in [0.25, 0.3) is 0 Å². The van der Waals surface area contributed by atoms with Crippen LogP contribution >= 0.6 is 0 Å². The van der Waals surface area contributed by atoms with E-state index in [0.717, 1.165) is 11.1 Å². The van der Waals surface area contributed by atoms with Gasteiger partial charge in [-0.05, 0) is 47.5 Å². The first-order valence-electron chi connectivity index (χ1n) is 7.20. The highest BCUT2D eigenvalue weighted by molar-refractivity contribution is 6.04. The molecule has 0 aliphatic heterocycles. The van der Waals surface area contributed by atoms with Crippen LogP contribution in [-0.4, -0.2) is 33.3 Å². The Morgan fingerprint density at radius 1 is 0.833 bits per heavy atom. The third-order valence-corrected chi connectivity index (χ3v) is 3.10. The SMILES string of the molecule is O=C(N=Cc1ccncc1)c1cccnc1N=Cc1ccncc1. The lowest BCUT2D eigenvalue weighted by molar-refractivity contribution is 0.100. The Hall–Kier alpha value is -3.54. The number of hydrogen-bond donors (Lipinski definition) is 0. The minimum absolute atomic E-state index is 0.325. The molecule has 0 N–H and O–H groups in total. The number of carbonyl (C=O) groups excluding carboxylic acids is 1. The van der Waals surface area contributed by atoms with Gasteiger partial charge in [-0.1, -0.05) is 0 Å². The summed E-state index contributed by atoms with van der Waals surface area (Å²) in [6.07, 6.45) is 11.3. The summed E-state index contributed by atoms with van der Waals surface area (Å²) in [6.45, 7) is 0. The third-order valence-electron chi connectivity index (χ3n) is 3.10. The Kier molecular flexibility index (Phi) is 4.89. The molecule has 3 aromatic heterocycles. The summed E-state index contributed by atoms with van der Waals surface area (Å²) in [5, 5.41) is 0. The van der Waals surface area contributed by atoms with Crippen LogP contribution in [0, 0.1) is 0 Å². The molecule has 1 amide bonds. The van der Waals surface area contributed by atoms with E-state index in [1.165, 1.54) is 6.21 Å². The van der Waals surface area contributed by atoms with E-state index in [9.17, 15) is 4.79 Å². The fraction of sp³-hybridized carbons (Fsp3) is 0. The van der Waals surface area contributed by atoms with Crippen molar-refractivity contribution in [3.63, 3.8) is 0 Å². The predicted molar refractivity (Wildman–Crippen MR) is 91.9 cm³/mol. The highest BCUT2D eigenvalue weighted by Gasteiger charge is 2.09. The molecule has 3 aromatic rings. The molecule has 116 valence electrons. The highest BCUT2D eigenvalue weighted by atomic mass is 16.1. The van der Waals surface area contributed by atoms with E-state index >= 15 is 0 Å². The Morgan fingerprint density at radius 2 is 1.46 bits per heavy atom. The van der Waals surface area contributed by atoms with Gasteiger partial charge < -0.3 is 0 Å². The van der Waals surface area contributed by atoms with Crippen LogP contribution in [0.1, 0.15) is 21.5 Å². The summed E-state index contributed by atoms with van der Waals surface area (Å²) >= 11 is 0. The molecule has 6 heteroatoms. The molecule has 3 rings (SSSR count). The first-order chi connectivity index (χ1) is 11.8. The Morgan fingerprint density at radius 3 is 2.12 bits per heavy atom. The van der Waals surface area contributed by atoms with Crippen molar-refractivity contribution in [2.45, 2.75) is 0 Å². The number of aromatic nitrogens is 3. The van der Waals surface area contributed by atoms with Crippen molar-refractivity contribution in [3.8, 4) is 0 Å². The number of amides is 1. The summed E-state index contributed by atoms with van der Waals surface area (Å²) in [5.74, 6) is -0.0759. The number of nitrogens with zero attached hydrogens (tertiary/aromatic N) is 5. The van der Waals surface area contributed by atoms with Crippen molar-refractivity contribution in [2.24, 2.45) is 9.98 Å². The van der Waals surface area contributed by atoms with Gasteiger partial charge in [-0.25, -0.2) is 15.0 Å². The smallest absolute Gasteiger partial charge is 0.267 e. The predicted octanol–water partition coefficient (Wildman–Crippen LogP) is 2.88. The van der Waals surface area contributed by atoms with Gasteiger partial charge in [0.1, 0.15) is 0 Å². The minimum atomic E-state index is -0.401. The van der Waals surface area contributed by atoms with E-state index in [-0.39, 0.29) is 0 Å². The summed E-state index contributed by atoms with van der Waals surface area (Å²) in [7, 11) is 0. The van der Waals surface area contributed by atoms with Crippen molar-refractivity contribution in [1.29, 1.82) is 0 Å². The maximum absolute atomic E-state index is 12.3. The molecule has 0 saturated carbocycles. The fourth-order valence-electron chi connectivity index (χ4n) is 1.90. The van der Waals surface area contributed by atoms with Gasteiger partial charge in [0.05, 0.1) is 5.56 Å². The van der Waals surface area contributed by atoms with Gasteiger partial charge in [0.2, 0.25) is 0 Å². The lowest BCUT2D eigenvalue weighted by Gasteiger charge is -2.00. The average Bonchev–Trinajstić information content (AvgIpc) is 2.66. The van der Waals surface area contributed by atoms with E-state index < -0.39 is 5.91 Å². The van der Waals surface area contributed by atoms with Gasteiger partial charge in [0, 0.05) is 43.4 Å². The zero-order chi connectivity index (χ0) is 16.6. The fourth-order valence-corrected chi connectivity index (χ4v) is 1.90. The highest BCUT2D eigenvalue weighted by Crippen LogP contribution is 2.16. The lowest BCUT2D eigenvalue weighted by atomic mass is 10.2. The lowest BCUT2D eigenvalue weighted by Crippen LogP contribution is -1.98. The van der Waals surface area contributed by atoms with Crippen molar-refractivity contribution in [3.05, 3.63) is 84.1 Å². The summed E-state index contributed by atoms with van der Waals surface area (Å²) in [6, 6.07) is 10.5. The van der Waals surface area contributed by atoms with Crippen LogP contribution < -0.4 is 0 Å². The van der Waals surface area contributed by atoms with Crippen LogP contribution in [-0.2, 0) is 0 Å². The molecule has 6 nitrogen and oxygen atoms in total. The first kappa shape index (κ1) is 15.4. The molecule has 0 bridgehead atoms. The molecule has 0 atom stereocenters. The maximum Gasteiger partial charge on any atom is 0.280 e. The van der Waals surface area contributed by atoms with Crippen LogP contribution in [0.2, 0.25) is 0 Å². The quantitative estimate of drug-likeness (QED) is 0.693. The Balaban J connectivity index is 1.82. The van der Waals surface area contributed by atoms with Crippen LogP contribution in [0.15, 0.2) is 77.4 Å². The van der Waals surface area contributed by atoms with E-state index in [0.29, 0.717) is 11.4 Å². The Labute approximate surface area is 138 Å². The zero-order valence-corrected chi connectivity index (χ0v) is 12.6. The van der Waals surface area contributed by atoms with Gasteiger partial charge in [-0.2, -0.15) is 0 Å². The molecule has 0 aromatic carbocycles.